The van der Waals surface area contributed by atoms with Gasteiger partial charge in [0.15, 0.2) is 0 Å². The molecule has 2 N–H and O–H groups in total. The largest absolute Gasteiger partial charge is 0.374 e. The first-order valence-electron chi connectivity index (χ1n) is 7.45. The number of hydrogen-bond donors (Lipinski definition) is 1. The lowest BCUT2D eigenvalue weighted by Crippen LogP contribution is -2.53. The fourth-order valence-electron chi connectivity index (χ4n) is 3.36. The van der Waals surface area contributed by atoms with Crippen molar-refractivity contribution in [3.63, 3.8) is 0 Å². The van der Waals surface area contributed by atoms with E-state index in [4.69, 9.17) is 10.5 Å². The Morgan fingerprint density at radius 3 is 3.05 bits per heavy atom. The van der Waals surface area contributed by atoms with E-state index < -0.39 is 0 Å². The number of hydrogen-bond acceptors (Lipinski definition) is 3. The monoisotopic (exact) mass is 262 g/mol. The van der Waals surface area contributed by atoms with Crippen LogP contribution in [0.2, 0.25) is 0 Å². The molecule has 0 aliphatic heterocycles. The first-order valence-corrected chi connectivity index (χ1v) is 7.45. The van der Waals surface area contributed by atoms with E-state index in [2.05, 4.69) is 24.9 Å². The Hall–Kier alpha value is -0.930. The maximum absolute atomic E-state index is 6.51. The Morgan fingerprint density at radius 1 is 1.58 bits per heavy atom. The first-order chi connectivity index (χ1) is 9.16. The minimum Gasteiger partial charge on any atom is -0.374 e. The number of rotatable bonds is 5. The Kier molecular flexibility index (Phi) is 4.94. The van der Waals surface area contributed by atoms with E-state index in [-0.39, 0.29) is 11.6 Å². The molecule has 0 saturated heterocycles. The van der Waals surface area contributed by atoms with E-state index >= 15 is 0 Å². The summed E-state index contributed by atoms with van der Waals surface area (Å²) in [4.78, 5) is 4.17. The van der Waals surface area contributed by atoms with Crippen LogP contribution in [0.4, 0.5) is 0 Å². The maximum Gasteiger partial charge on any atom is 0.0838 e. The predicted octanol–water partition coefficient (Wildman–Crippen LogP) is 2.94. The van der Waals surface area contributed by atoms with Crippen LogP contribution in [0.1, 0.15) is 45.1 Å². The van der Waals surface area contributed by atoms with Gasteiger partial charge in [0.1, 0.15) is 0 Å². The zero-order chi connectivity index (χ0) is 13.7. The van der Waals surface area contributed by atoms with Gasteiger partial charge in [-0.1, -0.05) is 25.8 Å². The van der Waals surface area contributed by atoms with Gasteiger partial charge in [-0.25, -0.2) is 0 Å². The van der Waals surface area contributed by atoms with Gasteiger partial charge in [0.2, 0.25) is 0 Å². The molecule has 0 amide bonds. The smallest absolute Gasteiger partial charge is 0.0838 e. The molecule has 0 aromatic carbocycles. The van der Waals surface area contributed by atoms with Crippen molar-refractivity contribution in [2.24, 2.45) is 11.7 Å². The third kappa shape index (κ3) is 3.54. The average Bonchev–Trinajstić information content (AvgIpc) is 2.40. The Bertz CT molecular complexity index is 378. The molecule has 1 aromatic rings. The molecule has 1 aliphatic rings. The van der Waals surface area contributed by atoms with Crippen molar-refractivity contribution < 1.29 is 4.74 Å². The molecule has 19 heavy (non-hydrogen) atoms. The van der Waals surface area contributed by atoms with Crippen LogP contribution in [0.15, 0.2) is 24.5 Å². The molecule has 3 atom stereocenters. The summed E-state index contributed by atoms with van der Waals surface area (Å²) in [5, 5.41) is 0. The molecule has 1 aromatic heterocycles. The Balaban J connectivity index is 2.09. The summed E-state index contributed by atoms with van der Waals surface area (Å²) < 4.78 is 6.13. The zero-order valence-corrected chi connectivity index (χ0v) is 12.1. The zero-order valence-electron chi connectivity index (χ0n) is 12.1. The Morgan fingerprint density at radius 2 is 2.42 bits per heavy atom. The van der Waals surface area contributed by atoms with Gasteiger partial charge in [0.25, 0.3) is 0 Å². The van der Waals surface area contributed by atoms with Crippen molar-refractivity contribution in [3.8, 4) is 0 Å². The molecule has 0 radical (unpaired) electrons. The second-order valence-corrected chi connectivity index (χ2v) is 5.87. The van der Waals surface area contributed by atoms with Crippen LogP contribution in [-0.2, 0) is 11.2 Å². The minimum absolute atomic E-state index is 0.0550. The van der Waals surface area contributed by atoms with E-state index in [0.29, 0.717) is 5.92 Å². The molecule has 106 valence electrons. The highest BCUT2D eigenvalue weighted by Crippen LogP contribution is 2.37. The standard InChI is InChI=1S/C16H26N2O/c1-3-19-16(8-4-6-13(2)11-16)15(17)10-14-7-5-9-18-12-14/h5,7,9,12-13,15H,3-4,6,8,10-11,17H2,1-2H3. The molecule has 3 nitrogen and oxygen atoms in total. The number of ether oxygens (including phenoxy) is 1. The van der Waals surface area contributed by atoms with Crippen LogP contribution < -0.4 is 5.73 Å². The summed E-state index contributed by atoms with van der Waals surface area (Å²) >= 11 is 0. The van der Waals surface area contributed by atoms with Crippen molar-refractivity contribution >= 4 is 0 Å². The lowest BCUT2D eigenvalue weighted by Gasteiger charge is -2.44. The number of aromatic nitrogens is 1. The maximum atomic E-state index is 6.51. The topological polar surface area (TPSA) is 48.1 Å². The van der Waals surface area contributed by atoms with Crippen molar-refractivity contribution in [1.82, 2.24) is 4.98 Å². The molecule has 3 heteroatoms. The minimum atomic E-state index is -0.137. The predicted molar refractivity (Wildman–Crippen MR) is 77.9 cm³/mol. The fourth-order valence-corrected chi connectivity index (χ4v) is 3.36. The van der Waals surface area contributed by atoms with Crippen molar-refractivity contribution in [1.29, 1.82) is 0 Å². The molecule has 0 spiro atoms. The average molecular weight is 262 g/mol. The lowest BCUT2D eigenvalue weighted by atomic mass is 9.73. The van der Waals surface area contributed by atoms with Crippen LogP contribution in [0, 0.1) is 5.92 Å². The van der Waals surface area contributed by atoms with E-state index in [1.165, 1.54) is 18.4 Å². The summed E-state index contributed by atoms with van der Waals surface area (Å²) in [6.07, 6.45) is 9.26. The van der Waals surface area contributed by atoms with Crippen LogP contribution in [0.5, 0.6) is 0 Å². The molecule has 0 bridgehead atoms. The summed E-state index contributed by atoms with van der Waals surface area (Å²) in [7, 11) is 0. The number of nitrogens with two attached hydrogens (primary N) is 1. The van der Waals surface area contributed by atoms with Gasteiger partial charge in [-0.2, -0.15) is 0 Å². The van der Waals surface area contributed by atoms with Gasteiger partial charge in [-0.15, -0.1) is 0 Å². The first kappa shape index (κ1) is 14.5. The van der Waals surface area contributed by atoms with Crippen molar-refractivity contribution in [3.05, 3.63) is 30.1 Å². The van der Waals surface area contributed by atoms with E-state index in [1.807, 2.05) is 12.3 Å². The third-order valence-corrected chi connectivity index (χ3v) is 4.28. The Labute approximate surface area is 116 Å². The molecule has 2 rings (SSSR count). The highest BCUT2D eigenvalue weighted by Gasteiger charge is 2.40. The van der Waals surface area contributed by atoms with E-state index in [9.17, 15) is 0 Å². The summed E-state index contributed by atoms with van der Waals surface area (Å²) in [6, 6.07) is 4.12. The van der Waals surface area contributed by atoms with Gasteiger partial charge in [0, 0.05) is 25.0 Å². The highest BCUT2D eigenvalue weighted by atomic mass is 16.5. The second kappa shape index (κ2) is 6.49. The molecular formula is C16H26N2O. The molecule has 1 aliphatic carbocycles. The van der Waals surface area contributed by atoms with Gasteiger partial charge >= 0.3 is 0 Å². The van der Waals surface area contributed by atoms with Crippen molar-refractivity contribution in [2.45, 2.75) is 57.6 Å². The number of nitrogens with zero attached hydrogens (tertiary/aromatic N) is 1. The number of pyridine rings is 1. The summed E-state index contributed by atoms with van der Waals surface area (Å²) in [5.74, 6) is 0.709. The normalized spacial score (nSPS) is 29.1. The lowest BCUT2D eigenvalue weighted by molar-refractivity contribution is -0.0925. The van der Waals surface area contributed by atoms with Crippen LogP contribution in [-0.4, -0.2) is 23.2 Å². The molecule has 1 fully saturated rings. The van der Waals surface area contributed by atoms with Gasteiger partial charge in [-0.3, -0.25) is 4.98 Å². The highest BCUT2D eigenvalue weighted by molar-refractivity contribution is 5.12. The third-order valence-electron chi connectivity index (χ3n) is 4.28. The SMILES string of the molecule is CCOC1(C(N)Cc2cccnc2)CCCC(C)C1. The molecule has 1 heterocycles. The van der Waals surface area contributed by atoms with Crippen LogP contribution >= 0.6 is 0 Å². The van der Waals surface area contributed by atoms with E-state index in [1.54, 1.807) is 6.20 Å². The molecular weight excluding hydrogens is 236 g/mol. The fraction of sp³-hybridized carbons (Fsp3) is 0.688. The van der Waals surface area contributed by atoms with Crippen molar-refractivity contribution in [2.75, 3.05) is 6.61 Å². The van der Waals surface area contributed by atoms with Gasteiger partial charge < -0.3 is 10.5 Å². The van der Waals surface area contributed by atoms with E-state index in [0.717, 1.165) is 25.9 Å². The van der Waals surface area contributed by atoms with Crippen LogP contribution in [0.3, 0.4) is 0 Å². The summed E-state index contributed by atoms with van der Waals surface area (Å²) in [6.45, 7) is 5.12. The second-order valence-electron chi connectivity index (χ2n) is 5.87. The summed E-state index contributed by atoms with van der Waals surface area (Å²) in [5.41, 5.74) is 7.58. The van der Waals surface area contributed by atoms with Gasteiger partial charge in [0.05, 0.1) is 5.60 Å². The molecule has 3 unspecified atom stereocenters. The van der Waals surface area contributed by atoms with Gasteiger partial charge in [-0.05, 0) is 43.7 Å². The van der Waals surface area contributed by atoms with Crippen LogP contribution in [0.25, 0.3) is 0 Å². The quantitative estimate of drug-likeness (QED) is 0.887. The molecule has 1 saturated carbocycles.